The molecule has 0 saturated heterocycles. The van der Waals surface area contributed by atoms with E-state index in [1.54, 1.807) is 24.3 Å². The molecule has 10 nitrogen and oxygen atoms in total. The van der Waals surface area contributed by atoms with Crippen LogP contribution in [0.4, 0.5) is 0 Å². The van der Waals surface area contributed by atoms with Crippen molar-refractivity contribution in [3.63, 3.8) is 0 Å². The van der Waals surface area contributed by atoms with Gasteiger partial charge in [-0.15, -0.1) is 15.0 Å². The summed E-state index contributed by atoms with van der Waals surface area (Å²) >= 11 is 0. The number of rotatable bonds is 7. The molecule has 148 valence electrons. The number of hydrogen-bond donors (Lipinski definition) is 2. The van der Waals surface area contributed by atoms with Crippen molar-refractivity contribution in [3.05, 3.63) is 35.7 Å². The monoisotopic (exact) mass is 387 g/mol. The Hall–Kier alpha value is -3.30. The van der Waals surface area contributed by atoms with Crippen LogP contribution in [0.3, 0.4) is 0 Å². The minimum Gasteiger partial charge on any atom is -0.480 e. The number of carbonyl (C=O) groups excluding carboxylic acids is 2. The molecule has 0 unspecified atom stereocenters. The molecule has 1 aliphatic carbocycles. The zero-order valence-corrected chi connectivity index (χ0v) is 15.5. The molecule has 1 aromatic heterocycles. The van der Waals surface area contributed by atoms with E-state index in [1.807, 2.05) is 0 Å². The number of carbonyl (C=O) groups is 3. The summed E-state index contributed by atoms with van der Waals surface area (Å²) < 4.78 is 4.64. The van der Waals surface area contributed by atoms with E-state index >= 15 is 0 Å². The van der Waals surface area contributed by atoms with E-state index in [1.165, 1.54) is 11.9 Å². The molecular formula is C18H21N5O5. The van der Waals surface area contributed by atoms with Crippen LogP contribution < -0.4 is 5.32 Å². The van der Waals surface area contributed by atoms with Gasteiger partial charge in [-0.25, -0.2) is 9.59 Å². The number of aromatic nitrogens is 4. The van der Waals surface area contributed by atoms with Gasteiger partial charge < -0.3 is 15.2 Å². The molecule has 1 fully saturated rings. The number of aliphatic carboxylic acids is 1. The van der Waals surface area contributed by atoms with Crippen LogP contribution in [0.2, 0.25) is 0 Å². The average Bonchev–Trinajstić information content (AvgIpc) is 3.12. The summed E-state index contributed by atoms with van der Waals surface area (Å²) in [5.41, 5.74) is 0.927. The van der Waals surface area contributed by atoms with Gasteiger partial charge in [0, 0.05) is 12.3 Å². The highest BCUT2D eigenvalue weighted by molar-refractivity contribution is 5.89. The molecule has 1 aromatic carbocycles. The first-order chi connectivity index (χ1) is 13.4. The highest BCUT2D eigenvalue weighted by Crippen LogP contribution is 2.33. The van der Waals surface area contributed by atoms with Crippen molar-refractivity contribution in [2.75, 3.05) is 7.11 Å². The van der Waals surface area contributed by atoms with Crippen LogP contribution >= 0.6 is 0 Å². The Bertz CT molecular complexity index is 873. The lowest BCUT2D eigenvalue weighted by Crippen LogP contribution is -2.47. The summed E-state index contributed by atoms with van der Waals surface area (Å²) in [5, 5.41) is 23.9. The maximum absolute atomic E-state index is 12.1. The lowest BCUT2D eigenvalue weighted by Gasteiger charge is -2.32. The summed E-state index contributed by atoms with van der Waals surface area (Å²) in [6.07, 6.45) is 1.46. The van der Waals surface area contributed by atoms with Crippen LogP contribution in [0.1, 0.15) is 35.9 Å². The van der Waals surface area contributed by atoms with Gasteiger partial charge in [0.05, 0.1) is 18.4 Å². The maximum atomic E-state index is 12.1. The summed E-state index contributed by atoms with van der Waals surface area (Å²) in [4.78, 5) is 36.3. The number of amides is 1. The SMILES string of the molecule is COC(=O)c1ccc(-n2nnc(C[C@H](NC(=O)C3CC(C)C3)C(=O)O)n2)cc1. The third kappa shape index (κ3) is 4.33. The third-order valence-corrected chi connectivity index (χ3v) is 4.72. The van der Waals surface area contributed by atoms with Gasteiger partial charge in [-0.1, -0.05) is 6.92 Å². The zero-order valence-electron chi connectivity index (χ0n) is 15.5. The molecular weight excluding hydrogens is 366 g/mol. The smallest absolute Gasteiger partial charge is 0.337 e. The van der Waals surface area contributed by atoms with Gasteiger partial charge in [-0.3, -0.25) is 4.79 Å². The normalized spacial score (nSPS) is 19.4. The second kappa shape index (κ2) is 8.15. The Morgan fingerprint density at radius 1 is 1.29 bits per heavy atom. The number of methoxy groups -OCH3 is 1. The number of carboxylic acid groups (broad SMARTS) is 1. The molecule has 1 amide bonds. The fourth-order valence-corrected chi connectivity index (χ4v) is 3.07. The molecule has 1 atom stereocenters. The summed E-state index contributed by atoms with van der Waals surface area (Å²) in [6.45, 7) is 2.05. The molecule has 3 rings (SSSR count). The van der Waals surface area contributed by atoms with E-state index in [9.17, 15) is 19.5 Å². The average molecular weight is 387 g/mol. The van der Waals surface area contributed by atoms with Crippen molar-refractivity contribution in [2.45, 2.75) is 32.2 Å². The van der Waals surface area contributed by atoms with Crippen LogP contribution in [0.5, 0.6) is 0 Å². The Kier molecular flexibility index (Phi) is 5.67. The highest BCUT2D eigenvalue weighted by atomic mass is 16.5. The number of nitrogens with one attached hydrogen (secondary N) is 1. The molecule has 0 radical (unpaired) electrons. The van der Waals surface area contributed by atoms with E-state index < -0.39 is 18.0 Å². The standard InChI is InChI=1S/C18H21N5O5/c1-10-7-12(8-10)16(24)19-14(17(25)26)9-15-20-22-23(21-15)13-5-3-11(4-6-13)18(27)28-2/h3-6,10,12,14H,7-9H2,1-2H3,(H,19,24)(H,25,26)/t10?,12?,14-/m0/s1. The fourth-order valence-electron chi connectivity index (χ4n) is 3.07. The lowest BCUT2D eigenvalue weighted by atomic mass is 9.75. The second-order valence-corrected chi connectivity index (χ2v) is 6.91. The van der Waals surface area contributed by atoms with Gasteiger partial charge >= 0.3 is 11.9 Å². The number of carboxylic acids is 1. The maximum Gasteiger partial charge on any atom is 0.337 e. The number of hydrogen-bond acceptors (Lipinski definition) is 7. The van der Waals surface area contributed by atoms with Gasteiger partial charge in [0.15, 0.2) is 5.82 Å². The van der Waals surface area contributed by atoms with E-state index in [4.69, 9.17) is 0 Å². The number of esters is 1. The number of ether oxygens (including phenoxy) is 1. The van der Waals surface area contributed by atoms with Crippen LogP contribution in [0.25, 0.3) is 5.69 Å². The van der Waals surface area contributed by atoms with Crippen molar-refractivity contribution in [1.82, 2.24) is 25.5 Å². The Labute approximate surface area is 160 Å². The van der Waals surface area contributed by atoms with E-state index in [2.05, 4.69) is 32.4 Å². The van der Waals surface area contributed by atoms with Crippen LogP contribution in [0, 0.1) is 11.8 Å². The van der Waals surface area contributed by atoms with Gasteiger partial charge in [0.2, 0.25) is 5.91 Å². The van der Waals surface area contributed by atoms with Crippen molar-refractivity contribution in [3.8, 4) is 5.69 Å². The first-order valence-electron chi connectivity index (χ1n) is 8.88. The Morgan fingerprint density at radius 3 is 2.54 bits per heavy atom. The van der Waals surface area contributed by atoms with Crippen molar-refractivity contribution in [1.29, 1.82) is 0 Å². The predicted molar refractivity (Wildman–Crippen MR) is 95.7 cm³/mol. The first-order valence-corrected chi connectivity index (χ1v) is 8.88. The lowest BCUT2D eigenvalue weighted by molar-refractivity contribution is -0.143. The molecule has 2 N–H and O–H groups in total. The minimum absolute atomic E-state index is 0.0798. The Balaban J connectivity index is 1.65. The third-order valence-electron chi connectivity index (χ3n) is 4.72. The predicted octanol–water partition coefficient (Wildman–Crippen LogP) is 0.607. The topological polar surface area (TPSA) is 136 Å². The molecule has 1 saturated carbocycles. The van der Waals surface area contributed by atoms with E-state index in [0.29, 0.717) is 17.2 Å². The summed E-state index contributed by atoms with van der Waals surface area (Å²) in [6, 6.07) is 5.23. The highest BCUT2D eigenvalue weighted by Gasteiger charge is 2.34. The number of nitrogens with zero attached hydrogens (tertiary/aromatic N) is 4. The zero-order chi connectivity index (χ0) is 20.3. The molecule has 0 bridgehead atoms. The second-order valence-electron chi connectivity index (χ2n) is 6.91. The summed E-state index contributed by atoms with van der Waals surface area (Å²) in [5.74, 6) is -1.32. The van der Waals surface area contributed by atoms with E-state index in [0.717, 1.165) is 12.8 Å². The molecule has 28 heavy (non-hydrogen) atoms. The van der Waals surface area contributed by atoms with Crippen LogP contribution in [-0.4, -0.2) is 56.3 Å². The molecule has 0 spiro atoms. The van der Waals surface area contributed by atoms with Gasteiger partial charge in [-0.05, 0) is 48.2 Å². The molecule has 10 heteroatoms. The molecule has 2 aromatic rings. The molecule has 1 heterocycles. The van der Waals surface area contributed by atoms with Crippen molar-refractivity contribution in [2.24, 2.45) is 11.8 Å². The molecule has 1 aliphatic rings. The largest absolute Gasteiger partial charge is 0.480 e. The number of tetrazole rings is 1. The van der Waals surface area contributed by atoms with Gasteiger partial charge in [0.25, 0.3) is 0 Å². The van der Waals surface area contributed by atoms with Gasteiger partial charge in [-0.2, -0.15) is 0 Å². The minimum atomic E-state index is -1.15. The van der Waals surface area contributed by atoms with Crippen LogP contribution in [-0.2, 0) is 20.7 Å². The first kappa shape index (κ1) is 19.5. The summed E-state index contributed by atoms with van der Waals surface area (Å²) in [7, 11) is 1.30. The number of benzene rings is 1. The quantitative estimate of drug-likeness (QED) is 0.659. The van der Waals surface area contributed by atoms with Crippen molar-refractivity contribution < 1.29 is 24.2 Å². The Morgan fingerprint density at radius 2 is 1.96 bits per heavy atom. The molecule has 0 aliphatic heterocycles. The van der Waals surface area contributed by atoms with Crippen molar-refractivity contribution >= 4 is 17.8 Å². The van der Waals surface area contributed by atoms with Gasteiger partial charge in [0.1, 0.15) is 6.04 Å². The fraction of sp³-hybridized carbons (Fsp3) is 0.444. The van der Waals surface area contributed by atoms with Crippen LogP contribution in [0.15, 0.2) is 24.3 Å². The van der Waals surface area contributed by atoms with E-state index in [-0.39, 0.29) is 24.1 Å².